The topological polar surface area (TPSA) is 69.7 Å². The molecule has 0 bridgehead atoms. The summed E-state index contributed by atoms with van der Waals surface area (Å²) in [7, 11) is 0.423. The smallest absolute Gasteiger partial charge is 0.251 e. The van der Waals surface area contributed by atoms with E-state index in [0.717, 1.165) is 5.56 Å². The first kappa shape index (κ1) is 20.3. The van der Waals surface area contributed by atoms with E-state index in [1.807, 2.05) is 25.1 Å². The third kappa shape index (κ3) is 4.51. The lowest BCUT2D eigenvalue weighted by molar-refractivity contribution is 0.0942. The lowest BCUT2D eigenvalue weighted by Crippen LogP contribution is -2.34. The Morgan fingerprint density at radius 2 is 1.96 bits per heavy atom. The van der Waals surface area contributed by atoms with Gasteiger partial charge in [-0.05, 0) is 56.4 Å². The highest BCUT2D eigenvalue weighted by molar-refractivity contribution is 7.93. The van der Waals surface area contributed by atoms with Crippen LogP contribution >= 0.6 is 0 Å². The molecule has 2 aromatic carbocycles. The van der Waals surface area contributed by atoms with E-state index in [1.54, 1.807) is 30.3 Å². The molecule has 1 aliphatic rings. The number of likely N-dealkylation sites (N-methyl/N-ethyl adjacent to an activating group) is 1. The second kappa shape index (κ2) is 8.28. The van der Waals surface area contributed by atoms with Gasteiger partial charge in [-0.25, -0.2) is 12.8 Å². The molecule has 0 radical (unpaired) electrons. The molecule has 0 spiro atoms. The number of hydrogen-bond acceptors (Lipinski definition) is 4. The first-order valence-corrected chi connectivity index (χ1v) is 10.7. The molecule has 0 aromatic heterocycles. The van der Waals surface area contributed by atoms with Gasteiger partial charge in [0.15, 0.2) is 0 Å². The predicted molar refractivity (Wildman–Crippen MR) is 107 cm³/mol. The fourth-order valence-electron chi connectivity index (χ4n) is 3.34. The summed E-state index contributed by atoms with van der Waals surface area (Å²) in [6.07, 6.45) is 0.580. The molecule has 1 aliphatic heterocycles. The van der Waals surface area contributed by atoms with E-state index in [9.17, 15) is 17.6 Å². The standard InChI is InChI=1S/C20H24FN3O3S/c1-23(2)19(15-6-3-8-17(21)12-15)14-22-20(25)16-7-4-9-18(13-16)24-10-5-11-28(24,26)27/h3-4,6-9,12-13,19H,5,10-11,14H2,1-2H3,(H,22,25). The normalized spacial score (nSPS) is 16.9. The van der Waals surface area contributed by atoms with Crippen LogP contribution in [0.1, 0.15) is 28.4 Å². The summed E-state index contributed by atoms with van der Waals surface area (Å²) >= 11 is 0. The molecule has 0 saturated carbocycles. The van der Waals surface area contributed by atoms with Crippen LogP contribution in [-0.2, 0) is 10.0 Å². The van der Waals surface area contributed by atoms with Crippen molar-refractivity contribution in [1.29, 1.82) is 0 Å². The minimum absolute atomic E-state index is 0.127. The molecule has 2 aromatic rings. The maximum atomic E-state index is 13.6. The molecule has 0 aliphatic carbocycles. The molecule has 1 N–H and O–H groups in total. The number of halogens is 1. The Kier molecular flexibility index (Phi) is 6.00. The minimum atomic E-state index is -3.30. The van der Waals surface area contributed by atoms with E-state index in [4.69, 9.17) is 0 Å². The van der Waals surface area contributed by atoms with Crippen molar-refractivity contribution in [2.45, 2.75) is 12.5 Å². The summed E-state index contributed by atoms with van der Waals surface area (Å²) in [5, 5.41) is 2.87. The molecule has 1 unspecified atom stereocenters. The molecule has 1 amide bonds. The lowest BCUT2D eigenvalue weighted by atomic mass is 10.1. The Labute approximate surface area is 165 Å². The number of carbonyl (C=O) groups excluding carboxylic acids is 1. The number of amides is 1. The van der Waals surface area contributed by atoms with Crippen LogP contribution in [0.5, 0.6) is 0 Å². The van der Waals surface area contributed by atoms with Crippen molar-refractivity contribution >= 4 is 21.6 Å². The predicted octanol–water partition coefficient (Wildman–Crippen LogP) is 2.40. The van der Waals surface area contributed by atoms with Crippen molar-refractivity contribution in [2.24, 2.45) is 0 Å². The van der Waals surface area contributed by atoms with Gasteiger partial charge in [-0.1, -0.05) is 18.2 Å². The summed E-state index contributed by atoms with van der Waals surface area (Å²) < 4.78 is 39.1. The molecule has 1 saturated heterocycles. The highest BCUT2D eigenvalue weighted by Gasteiger charge is 2.28. The van der Waals surface area contributed by atoms with Gasteiger partial charge < -0.3 is 10.2 Å². The molecular formula is C20H24FN3O3S. The average molecular weight is 405 g/mol. The van der Waals surface area contributed by atoms with Crippen LogP contribution in [0.4, 0.5) is 10.1 Å². The summed E-state index contributed by atoms with van der Waals surface area (Å²) in [5.74, 6) is -0.501. The van der Waals surface area contributed by atoms with Gasteiger partial charge in [0.25, 0.3) is 5.91 Å². The van der Waals surface area contributed by atoms with Gasteiger partial charge in [-0.15, -0.1) is 0 Å². The number of nitrogens with one attached hydrogen (secondary N) is 1. The van der Waals surface area contributed by atoms with Gasteiger partial charge in [0, 0.05) is 18.7 Å². The largest absolute Gasteiger partial charge is 0.350 e. The number of hydrogen-bond donors (Lipinski definition) is 1. The maximum Gasteiger partial charge on any atom is 0.251 e. The van der Waals surface area contributed by atoms with E-state index in [0.29, 0.717) is 30.8 Å². The molecule has 28 heavy (non-hydrogen) atoms. The highest BCUT2D eigenvalue weighted by atomic mass is 32.2. The second-order valence-corrected chi connectivity index (χ2v) is 9.05. The molecule has 1 fully saturated rings. The Morgan fingerprint density at radius 3 is 2.61 bits per heavy atom. The third-order valence-corrected chi connectivity index (χ3v) is 6.68. The van der Waals surface area contributed by atoms with Crippen molar-refractivity contribution in [3.05, 3.63) is 65.5 Å². The fraction of sp³-hybridized carbons (Fsp3) is 0.350. The lowest BCUT2D eigenvalue weighted by Gasteiger charge is -2.25. The molecule has 8 heteroatoms. The van der Waals surface area contributed by atoms with Crippen molar-refractivity contribution in [3.63, 3.8) is 0 Å². The summed E-state index contributed by atoms with van der Waals surface area (Å²) in [6.45, 7) is 0.719. The zero-order valence-corrected chi connectivity index (χ0v) is 16.7. The number of benzene rings is 2. The molecule has 1 heterocycles. The van der Waals surface area contributed by atoms with E-state index in [-0.39, 0.29) is 23.5 Å². The van der Waals surface area contributed by atoms with E-state index in [2.05, 4.69) is 5.32 Å². The third-order valence-electron chi connectivity index (χ3n) is 4.81. The minimum Gasteiger partial charge on any atom is -0.350 e. The number of carbonyl (C=O) groups is 1. The highest BCUT2D eigenvalue weighted by Crippen LogP contribution is 2.25. The van der Waals surface area contributed by atoms with E-state index in [1.165, 1.54) is 16.4 Å². The maximum absolute atomic E-state index is 13.6. The van der Waals surface area contributed by atoms with Crippen LogP contribution < -0.4 is 9.62 Å². The fourth-order valence-corrected chi connectivity index (χ4v) is 4.89. The zero-order valence-electron chi connectivity index (χ0n) is 15.9. The second-order valence-electron chi connectivity index (χ2n) is 7.04. The summed E-state index contributed by atoms with van der Waals surface area (Å²) in [6, 6.07) is 12.7. The number of rotatable bonds is 6. The van der Waals surface area contributed by atoms with Crippen molar-refractivity contribution in [3.8, 4) is 0 Å². The van der Waals surface area contributed by atoms with Crippen LogP contribution in [0.25, 0.3) is 0 Å². The summed E-state index contributed by atoms with van der Waals surface area (Å²) in [5.41, 5.74) is 1.65. The number of nitrogens with zero attached hydrogens (tertiary/aromatic N) is 2. The van der Waals surface area contributed by atoms with Gasteiger partial charge in [0.05, 0.1) is 17.5 Å². The van der Waals surface area contributed by atoms with Crippen molar-refractivity contribution in [2.75, 3.05) is 37.2 Å². The first-order chi connectivity index (χ1) is 13.3. The molecule has 3 rings (SSSR count). The molecular weight excluding hydrogens is 381 g/mol. The van der Waals surface area contributed by atoms with Gasteiger partial charge in [-0.2, -0.15) is 0 Å². The van der Waals surface area contributed by atoms with Crippen molar-refractivity contribution in [1.82, 2.24) is 10.2 Å². The van der Waals surface area contributed by atoms with E-state index < -0.39 is 10.0 Å². The van der Waals surface area contributed by atoms with Crippen LogP contribution in [-0.4, -0.2) is 52.2 Å². The van der Waals surface area contributed by atoms with Gasteiger partial charge in [0.1, 0.15) is 5.82 Å². The quantitative estimate of drug-likeness (QED) is 0.801. The molecule has 150 valence electrons. The Balaban J connectivity index is 1.73. The van der Waals surface area contributed by atoms with Crippen LogP contribution in [0.3, 0.4) is 0 Å². The zero-order chi connectivity index (χ0) is 20.3. The van der Waals surface area contributed by atoms with Crippen molar-refractivity contribution < 1.29 is 17.6 Å². The molecule has 1 atom stereocenters. The monoisotopic (exact) mass is 405 g/mol. The summed E-state index contributed by atoms with van der Waals surface area (Å²) in [4.78, 5) is 14.5. The number of anilines is 1. The Bertz CT molecular complexity index is 963. The Hall–Kier alpha value is -2.45. The molecule has 6 nitrogen and oxygen atoms in total. The van der Waals surface area contributed by atoms with Gasteiger partial charge in [0.2, 0.25) is 10.0 Å². The van der Waals surface area contributed by atoms with E-state index >= 15 is 0 Å². The number of sulfonamides is 1. The average Bonchev–Trinajstić information content (AvgIpc) is 3.01. The van der Waals surface area contributed by atoms with Gasteiger partial charge >= 0.3 is 0 Å². The first-order valence-electron chi connectivity index (χ1n) is 9.08. The Morgan fingerprint density at radius 1 is 1.21 bits per heavy atom. The van der Waals surface area contributed by atoms with Gasteiger partial charge in [-0.3, -0.25) is 9.10 Å². The van der Waals surface area contributed by atoms with Crippen LogP contribution in [0, 0.1) is 5.82 Å². The van der Waals surface area contributed by atoms with Crippen LogP contribution in [0.15, 0.2) is 48.5 Å². The SMILES string of the molecule is CN(C)C(CNC(=O)c1cccc(N2CCCS2(=O)=O)c1)c1cccc(F)c1. The van der Waals surface area contributed by atoms with Crippen LogP contribution in [0.2, 0.25) is 0 Å².